The fourth-order valence-corrected chi connectivity index (χ4v) is 0.817. The van der Waals surface area contributed by atoms with Gasteiger partial charge in [0.25, 0.3) is 0 Å². The SMILES string of the molecule is CCOc1cc[c-]cc1C.[Zn+][Br]. The molecule has 62 valence electrons. The molecule has 0 saturated carbocycles. The van der Waals surface area contributed by atoms with Crippen molar-refractivity contribution in [3.05, 3.63) is 29.8 Å². The van der Waals surface area contributed by atoms with Gasteiger partial charge in [-0.25, -0.2) is 0 Å². The molecule has 0 amide bonds. The van der Waals surface area contributed by atoms with Crippen LogP contribution in [0.5, 0.6) is 5.75 Å². The molecule has 1 nitrogen and oxygen atoms in total. The summed E-state index contributed by atoms with van der Waals surface area (Å²) < 4.78 is 5.32. The van der Waals surface area contributed by atoms with E-state index in [1.165, 1.54) is 16.3 Å². The zero-order valence-electron chi connectivity index (χ0n) is 7.43. The van der Waals surface area contributed by atoms with E-state index in [-0.39, 0.29) is 0 Å². The number of benzene rings is 1. The molecule has 0 fully saturated rings. The monoisotopic (exact) mass is 278 g/mol. The molecule has 0 bridgehead atoms. The molecule has 0 N–H and O–H groups in total. The Morgan fingerprint density at radius 1 is 1.58 bits per heavy atom. The van der Waals surface area contributed by atoms with Crippen LogP contribution in [0.4, 0.5) is 0 Å². The average Bonchev–Trinajstić information content (AvgIpc) is 2.13. The van der Waals surface area contributed by atoms with Gasteiger partial charge >= 0.3 is 30.0 Å². The third-order valence-electron chi connectivity index (χ3n) is 1.32. The van der Waals surface area contributed by atoms with Crippen molar-refractivity contribution in [3.63, 3.8) is 0 Å². The molecule has 3 heteroatoms. The summed E-state index contributed by atoms with van der Waals surface area (Å²) in [4.78, 5) is 0. The van der Waals surface area contributed by atoms with Crippen LogP contribution in [-0.4, -0.2) is 6.61 Å². The van der Waals surface area contributed by atoms with Crippen molar-refractivity contribution < 1.29 is 21.1 Å². The molecule has 0 aromatic heterocycles. The Morgan fingerprint density at radius 2 is 2.25 bits per heavy atom. The summed E-state index contributed by atoms with van der Waals surface area (Å²) in [6, 6.07) is 8.69. The molecule has 1 rings (SSSR count). The third-order valence-corrected chi connectivity index (χ3v) is 1.32. The quantitative estimate of drug-likeness (QED) is 0.598. The van der Waals surface area contributed by atoms with Crippen molar-refractivity contribution in [2.24, 2.45) is 0 Å². The first-order valence-corrected chi connectivity index (χ1v) is 10.7. The van der Waals surface area contributed by atoms with Crippen molar-refractivity contribution in [2.75, 3.05) is 6.61 Å². The van der Waals surface area contributed by atoms with Crippen LogP contribution >= 0.6 is 13.6 Å². The normalized spacial score (nSPS) is 8.42. The number of rotatable bonds is 2. The zero-order valence-corrected chi connectivity index (χ0v) is 12.0. The van der Waals surface area contributed by atoms with Crippen molar-refractivity contribution in [2.45, 2.75) is 13.8 Å². The first kappa shape index (κ1) is 12.1. The first-order chi connectivity index (χ1) is 5.84. The van der Waals surface area contributed by atoms with E-state index in [0.29, 0.717) is 0 Å². The van der Waals surface area contributed by atoms with Crippen LogP contribution in [0.15, 0.2) is 18.2 Å². The summed E-state index contributed by atoms with van der Waals surface area (Å²) >= 11 is 4.25. The maximum atomic E-state index is 5.32. The number of hydrogen-bond acceptors (Lipinski definition) is 1. The summed E-state index contributed by atoms with van der Waals surface area (Å²) in [6.07, 6.45) is 0. The Labute approximate surface area is 90.5 Å². The van der Waals surface area contributed by atoms with Crippen LogP contribution in [0.2, 0.25) is 0 Å². The molecular weight excluding hydrogens is 269 g/mol. The van der Waals surface area contributed by atoms with Gasteiger partial charge in [-0.15, -0.1) is 11.6 Å². The van der Waals surface area contributed by atoms with E-state index in [4.69, 9.17) is 4.74 Å². The summed E-state index contributed by atoms with van der Waals surface area (Å²) in [5.41, 5.74) is 1.14. The van der Waals surface area contributed by atoms with E-state index in [2.05, 4.69) is 19.7 Å². The molecule has 0 saturated heterocycles. The predicted molar refractivity (Wildman–Crippen MR) is 50.1 cm³/mol. The van der Waals surface area contributed by atoms with E-state index in [1.54, 1.807) is 0 Å². The number of ether oxygens (including phenoxy) is 1. The molecule has 0 radical (unpaired) electrons. The van der Waals surface area contributed by atoms with E-state index in [9.17, 15) is 0 Å². The van der Waals surface area contributed by atoms with Crippen LogP contribution in [-0.2, 0) is 16.3 Å². The second-order valence-electron chi connectivity index (χ2n) is 2.12. The topological polar surface area (TPSA) is 9.23 Å². The Hall–Kier alpha value is 0.123. The molecule has 0 spiro atoms. The van der Waals surface area contributed by atoms with Gasteiger partial charge in [-0.05, 0) is 6.92 Å². The standard InChI is InChI=1S/C9H11O.BrH.Zn/c1-3-10-9-7-5-4-6-8(9)2;;/h5-7H,3H2,1-2H3;1H;/q-1;;+2/p-1. The summed E-state index contributed by atoms with van der Waals surface area (Å²) in [5.74, 6) is 0.959. The van der Waals surface area contributed by atoms with Gasteiger partial charge in [0.05, 0.1) is 6.61 Å². The molecular formula is C9H11BrOZn. The molecule has 0 aliphatic carbocycles. The van der Waals surface area contributed by atoms with Crippen LogP contribution in [0, 0.1) is 13.0 Å². The summed E-state index contributed by atoms with van der Waals surface area (Å²) in [7, 11) is 0. The summed E-state index contributed by atoms with van der Waals surface area (Å²) in [5, 5.41) is 0. The van der Waals surface area contributed by atoms with Gasteiger partial charge in [0.2, 0.25) is 0 Å². The second kappa shape index (κ2) is 7.76. The third kappa shape index (κ3) is 4.22. The maximum absolute atomic E-state index is 5.32. The molecule has 0 heterocycles. The van der Waals surface area contributed by atoms with Crippen LogP contribution in [0.1, 0.15) is 12.5 Å². The van der Waals surface area contributed by atoms with Gasteiger partial charge in [-0.2, -0.15) is 18.2 Å². The van der Waals surface area contributed by atoms with Gasteiger partial charge in [0, 0.05) is 5.75 Å². The van der Waals surface area contributed by atoms with Crippen molar-refractivity contribution in [3.8, 4) is 5.75 Å². The van der Waals surface area contributed by atoms with Crippen molar-refractivity contribution in [1.29, 1.82) is 0 Å². The first-order valence-electron chi connectivity index (χ1n) is 3.71. The Balaban J connectivity index is 0.000000561. The number of aryl methyl sites for hydroxylation is 1. The Bertz CT molecular complexity index is 215. The average molecular weight is 280 g/mol. The minimum absolute atomic E-state index is 0.727. The molecule has 0 aliphatic heterocycles. The van der Waals surface area contributed by atoms with E-state index < -0.39 is 0 Å². The van der Waals surface area contributed by atoms with E-state index in [0.717, 1.165) is 17.9 Å². The minimum atomic E-state index is 0.727. The molecule has 12 heavy (non-hydrogen) atoms. The van der Waals surface area contributed by atoms with Gasteiger partial charge in [0.15, 0.2) is 0 Å². The molecule has 0 atom stereocenters. The molecule has 1 aromatic carbocycles. The van der Waals surface area contributed by atoms with Crippen LogP contribution in [0.25, 0.3) is 0 Å². The van der Waals surface area contributed by atoms with E-state index >= 15 is 0 Å². The predicted octanol–water partition coefficient (Wildman–Crippen LogP) is 3.04. The molecule has 0 unspecified atom stereocenters. The Kier molecular flexibility index (Phi) is 7.84. The molecule has 1 aromatic rings. The van der Waals surface area contributed by atoms with Crippen LogP contribution in [0.3, 0.4) is 0 Å². The van der Waals surface area contributed by atoms with Crippen molar-refractivity contribution >= 4 is 13.6 Å². The number of halogens is 1. The summed E-state index contributed by atoms with van der Waals surface area (Å²) in [6.45, 7) is 4.72. The second-order valence-corrected chi connectivity index (χ2v) is 2.12. The van der Waals surface area contributed by atoms with Crippen LogP contribution < -0.4 is 4.74 Å². The van der Waals surface area contributed by atoms with Crippen molar-refractivity contribution in [1.82, 2.24) is 0 Å². The fourth-order valence-electron chi connectivity index (χ4n) is 0.817. The molecule has 0 aliphatic rings. The van der Waals surface area contributed by atoms with Gasteiger partial charge in [-0.3, -0.25) is 0 Å². The van der Waals surface area contributed by atoms with Gasteiger partial charge < -0.3 is 4.74 Å². The van der Waals surface area contributed by atoms with Gasteiger partial charge in [-0.1, -0.05) is 6.92 Å². The van der Waals surface area contributed by atoms with E-state index in [1.807, 2.05) is 32.0 Å². The number of hydrogen-bond donors (Lipinski definition) is 0. The Morgan fingerprint density at radius 3 is 2.75 bits per heavy atom. The van der Waals surface area contributed by atoms with Gasteiger partial charge in [0.1, 0.15) is 0 Å². The zero-order chi connectivity index (χ0) is 9.40. The fraction of sp³-hybridized carbons (Fsp3) is 0.333.